The van der Waals surface area contributed by atoms with Crippen LogP contribution in [0.4, 0.5) is 0 Å². The summed E-state index contributed by atoms with van der Waals surface area (Å²) in [6, 6.07) is 7.62. The van der Waals surface area contributed by atoms with Crippen LogP contribution in [0.3, 0.4) is 0 Å². The topological polar surface area (TPSA) is 62.1 Å². The quantitative estimate of drug-likeness (QED) is 0.455. The fraction of sp³-hybridized carbons (Fsp3) is 0.389. The average molecular weight is 407 g/mol. The summed E-state index contributed by atoms with van der Waals surface area (Å²) in [7, 11) is 1.60. The highest BCUT2D eigenvalue weighted by atomic mass is 35.5. The van der Waals surface area contributed by atoms with E-state index in [0.717, 1.165) is 16.4 Å². The number of halogens is 2. The Balaban J connectivity index is 0.000000221. The predicted octanol–water partition coefficient (Wildman–Crippen LogP) is 3.66. The van der Waals surface area contributed by atoms with E-state index < -0.39 is 0 Å². The maximum Gasteiger partial charge on any atom is 0.494 e. The summed E-state index contributed by atoms with van der Waals surface area (Å²) in [6.45, 7) is 8.25. The Morgan fingerprint density at radius 2 is 1.56 bits per heavy atom. The zero-order chi connectivity index (χ0) is 19.8. The third-order valence-electron chi connectivity index (χ3n) is 4.77. The largest absolute Gasteiger partial charge is 0.494 e. The zero-order valence-corrected chi connectivity index (χ0v) is 17.4. The molecule has 1 fully saturated rings. The van der Waals surface area contributed by atoms with Crippen LogP contribution in [0.1, 0.15) is 27.7 Å². The fourth-order valence-corrected chi connectivity index (χ4v) is 2.94. The lowest BCUT2D eigenvalue weighted by molar-refractivity contribution is 0.00578. The number of aromatic nitrogens is 4. The lowest BCUT2D eigenvalue weighted by atomic mass is 9.79. The minimum Gasteiger partial charge on any atom is -0.399 e. The van der Waals surface area contributed by atoms with Crippen molar-refractivity contribution in [1.29, 1.82) is 0 Å². The number of aryl methyl sites for hydroxylation is 1. The van der Waals surface area contributed by atoms with Crippen LogP contribution in [-0.2, 0) is 16.4 Å². The van der Waals surface area contributed by atoms with E-state index >= 15 is 0 Å². The molecule has 0 radical (unpaired) electrons. The van der Waals surface area contributed by atoms with Crippen LogP contribution in [0.5, 0.6) is 0 Å². The van der Waals surface area contributed by atoms with Gasteiger partial charge in [-0.1, -0.05) is 35.3 Å². The standard InChI is InChI=1S/C14H19BN2O2.C4H2Cl2N2/c1-13(2)14(3,4)19-15(18-13)11-7-6-10-9-17(5)16-12(10)8-11;5-3-1-4(6)8-2-7-3/h6-9H,1-5H3;1-2H. The van der Waals surface area contributed by atoms with Gasteiger partial charge >= 0.3 is 7.12 Å². The minimum absolute atomic E-state index is 0.309. The van der Waals surface area contributed by atoms with Gasteiger partial charge in [0.1, 0.15) is 16.6 Å². The Morgan fingerprint density at radius 3 is 2.07 bits per heavy atom. The second-order valence-corrected chi connectivity index (χ2v) is 8.15. The number of nitrogens with zero attached hydrogens (tertiary/aromatic N) is 4. The molecule has 9 heteroatoms. The third-order valence-corrected chi connectivity index (χ3v) is 5.19. The summed E-state index contributed by atoms with van der Waals surface area (Å²) >= 11 is 10.8. The maximum atomic E-state index is 6.05. The Morgan fingerprint density at radius 1 is 0.963 bits per heavy atom. The van der Waals surface area contributed by atoms with Gasteiger partial charge in [-0.3, -0.25) is 4.68 Å². The SMILES string of the molecule is Clc1cc(Cl)ncn1.Cn1cc2ccc(B3OC(C)(C)C(C)(C)O3)cc2n1. The Kier molecular flexibility index (Phi) is 5.50. The van der Waals surface area contributed by atoms with Gasteiger partial charge in [-0.15, -0.1) is 0 Å². The molecule has 0 spiro atoms. The highest BCUT2D eigenvalue weighted by Crippen LogP contribution is 2.36. The zero-order valence-electron chi connectivity index (χ0n) is 15.9. The number of hydrogen-bond acceptors (Lipinski definition) is 5. The summed E-state index contributed by atoms with van der Waals surface area (Å²) in [6.07, 6.45) is 3.31. The lowest BCUT2D eigenvalue weighted by Gasteiger charge is -2.32. The van der Waals surface area contributed by atoms with Crippen molar-refractivity contribution in [3.05, 3.63) is 47.1 Å². The van der Waals surface area contributed by atoms with Crippen LogP contribution in [0.2, 0.25) is 10.3 Å². The van der Waals surface area contributed by atoms with E-state index in [9.17, 15) is 0 Å². The first-order valence-corrected chi connectivity index (χ1v) is 9.25. The smallest absolute Gasteiger partial charge is 0.399 e. The monoisotopic (exact) mass is 406 g/mol. The van der Waals surface area contributed by atoms with Crippen molar-refractivity contribution in [3.8, 4) is 0 Å². The van der Waals surface area contributed by atoms with Crippen molar-refractivity contribution in [3.63, 3.8) is 0 Å². The predicted molar refractivity (Wildman–Crippen MR) is 108 cm³/mol. The van der Waals surface area contributed by atoms with Crippen LogP contribution >= 0.6 is 23.2 Å². The van der Waals surface area contributed by atoms with Gasteiger partial charge < -0.3 is 9.31 Å². The van der Waals surface area contributed by atoms with E-state index in [4.69, 9.17) is 32.5 Å². The molecule has 1 aromatic carbocycles. The van der Waals surface area contributed by atoms with E-state index in [-0.39, 0.29) is 18.3 Å². The van der Waals surface area contributed by atoms with Crippen molar-refractivity contribution in [1.82, 2.24) is 19.7 Å². The van der Waals surface area contributed by atoms with Crippen LogP contribution in [0.15, 0.2) is 36.8 Å². The summed E-state index contributed by atoms with van der Waals surface area (Å²) in [5.41, 5.74) is 1.37. The Labute approximate surface area is 168 Å². The first-order valence-electron chi connectivity index (χ1n) is 8.49. The molecule has 6 nitrogen and oxygen atoms in total. The van der Waals surface area contributed by atoms with Gasteiger partial charge in [-0.2, -0.15) is 5.10 Å². The molecule has 1 saturated heterocycles. The number of fused-ring (bicyclic) bond motifs is 1. The molecule has 3 heterocycles. The highest BCUT2D eigenvalue weighted by Gasteiger charge is 2.51. The van der Waals surface area contributed by atoms with Gasteiger partial charge in [0.05, 0.1) is 16.7 Å². The molecule has 4 rings (SSSR count). The maximum absolute atomic E-state index is 6.05. The molecule has 1 aliphatic rings. The van der Waals surface area contributed by atoms with Gasteiger partial charge in [0.25, 0.3) is 0 Å². The minimum atomic E-state index is -0.323. The Bertz CT molecular complexity index is 928. The van der Waals surface area contributed by atoms with Gasteiger partial charge in [-0.25, -0.2) is 9.97 Å². The third kappa shape index (κ3) is 4.43. The van der Waals surface area contributed by atoms with Crippen molar-refractivity contribution < 1.29 is 9.31 Å². The molecule has 0 unspecified atom stereocenters. The lowest BCUT2D eigenvalue weighted by Crippen LogP contribution is -2.41. The molecule has 0 bridgehead atoms. The van der Waals surface area contributed by atoms with Gasteiger partial charge in [0, 0.05) is 24.7 Å². The van der Waals surface area contributed by atoms with Crippen molar-refractivity contribution in [2.75, 3.05) is 0 Å². The molecule has 0 amide bonds. The molecule has 27 heavy (non-hydrogen) atoms. The molecule has 1 aliphatic heterocycles. The normalized spacial score (nSPS) is 17.7. The van der Waals surface area contributed by atoms with Gasteiger partial charge in [0.15, 0.2) is 0 Å². The first kappa shape index (κ1) is 20.1. The van der Waals surface area contributed by atoms with Crippen LogP contribution in [-0.4, -0.2) is 38.1 Å². The van der Waals surface area contributed by atoms with E-state index in [1.54, 1.807) is 0 Å². The molecule has 3 aromatic rings. The van der Waals surface area contributed by atoms with Crippen molar-refractivity contribution >= 4 is 46.7 Å². The molecule has 0 saturated carbocycles. The molecule has 142 valence electrons. The van der Waals surface area contributed by atoms with Crippen molar-refractivity contribution in [2.45, 2.75) is 38.9 Å². The molecular formula is C18H21BCl2N4O2. The molecule has 2 aromatic heterocycles. The summed E-state index contributed by atoms with van der Waals surface area (Å²) in [5.74, 6) is 0. The highest BCUT2D eigenvalue weighted by molar-refractivity contribution is 6.62. The number of benzene rings is 1. The Hall–Kier alpha value is -1.67. The number of rotatable bonds is 1. The van der Waals surface area contributed by atoms with Crippen LogP contribution < -0.4 is 5.46 Å². The second-order valence-electron chi connectivity index (χ2n) is 7.37. The van der Waals surface area contributed by atoms with Crippen LogP contribution in [0, 0.1) is 0 Å². The number of hydrogen-bond donors (Lipinski definition) is 0. The van der Waals surface area contributed by atoms with Crippen molar-refractivity contribution in [2.24, 2.45) is 7.05 Å². The molecular weight excluding hydrogens is 386 g/mol. The molecule has 0 aliphatic carbocycles. The van der Waals surface area contributed by atoms with E-state index in [1.807, 2.05) is 30.1 Å². The van der Waals surface area contributed by atoms with E-state index in [2.05, 4.69) is 48.8 Å². The second kappa shape index (κ2) is 7.39. The summed E-state index contributed by atoms with van der Waals surface area (Å²) in [5, 5.41) is 6.28. The first-order chi connectivity index (χ1) is 12.6. The summed E-state index contributed by atoms with van der Waals surface area (Å²) in [4.78, 5) is 7.22. The van der Waals surface area contributed by atoms with Gasteiger partial charge in [0.2, 0.25) is 0 Å². The van der Waals surface area contributed by atoms with E-state index in [1.165, 1.54) is 12.4 Å². The van der Waals surface area contributed by atoms with Crippen LogP contribution in [0.25, 0.3) is 10.9 Å². The van der Waals surface area contributed by atoms with Gasteiger partial charge in [-0.05, 0) is 39.2 Å². The summed E-state index contributed by atoms with van der Waals surface area (Å²) < 4.78 is 13.9. The molecule has 0 atom stereocenters. The van der Waals surface area contributed by atoms with E-state index in [0.29, 0.717) is 10.3 Å². The fourth-order valence-electron chi connectivity index (χ4n) is 2.59. The average Bonchev–Trinajstić information content (AvgIpc) is 3.02. The molecule has 0 N–H and O–H groups in total.